The Morgan fingerprint density at radius 2 is 1.83 bits per heavy atom. The lowest BCUT2D eigenvalue weighted by molar-refractivity contribution is 0.0815. The zero-order valence-corrected chi connectivity index (χ0v) is 7.40. The summed E-state index contributed by atoms with van der Waals surface area (Å²) in [5.41, 5.74) is 0.949. The van der Waals surface area contributed by atoms with E-state index in [1.165, 1.54) is 4.90 Å². The first-order valence-corrected chi connectivity index (χ1v) is 3.61. The molecule has 4 heteroatoms. The Kier molecular flexibility index (Phi) is 2.38. The molecule has 0 aliphatic carbocycles. The summed E-state index contributed by atoms with van der Waals surface area (Å²) < 4.78 is 0. The molecule has 1 aromatic heterocycles. The van der Waals surface area contributed by atoms with Crippen molar-refractivity contribution in [1.29, 1.82) is 0 Å². The lowest BCUT2D eigenvalue weighted by atomic mass is 10.4. The second-order valence-corrected chi connectivity index (χ2v) is 2.78. The largest absolute Gasteiger partial charge is 0.342 e. The number of nitrogens with zero attached hydrogens (tertiary/aromatic N) is 3. The highest BCUT2D eigenvalue weighted by atomic mass is 16.2. The molecule has 0 aliphatic heterocycles. The quantitative estimate of drug-likeness (QED) is 0.608. The summed E-state index contributed by atoms with van der Waals surface area (Å²) in [5.74, 6) is 0.0700. The topological polar surface area (TPSA) is 46.1 Å². The van der Waals surface area contributed by atoms with Gasteiger partial charge in [0, 0.05) is 26.5 Å². The average molecular weight is 165 g/mol. The van der Waals surface area contributed by atoms with E-state index in [0.29, 0.717) is 0 Å². The SMILES string of the molecule is Cc1cnc(C(=O)N(C)C)nc1. The molecule has 1 rings (SSSR count). The Balaban J connectivity index is 2.90. The zero-order valence-electron chi connectivity index (χ0n) is 7.40. The van der Waals surface area contributed by atoms with Crippen molar-refractivity contribution in [3.63, 3.8) is 0 Å². The van der Waals surface area contributed by atoms with Crippen LogP contribution >= 0.6 is 0 Å². The van der Waals surface area contributed by atoms with Gasteiger partial charge in [-0.25, -0.2) is 9.97 Å². The fraction of sp³-hybridized carbons (Fsp3) is 0.375. The minimum Gasteiger partial charge on any atom is -0.342 e. The molecule has 12 heavy (non-hydrogen) atoms. The molecule has 0 radical (unpaired) electrons. The van der Waals surface area contributed by atoms with E-state index in [1.54, 1.807) is 26.5 Å². The van der Waals surface area contributed by atoms with E-state index in [9.17, 15) is 4.79 Å². The van der Waals surface area contributed by atoms with Gasteiger partial charge >= 0.3 is 0 Å². The molecule has 0 saturated heterocycles. The summed E-state index contributed by atoms with van der Waals surface area (Å²) in [6.07, 6.45) is 3.26. The van der Waals surface area contributed by atoms with Gasteiger partial charge in [-0.05, 0) is 12.5 Å². The molecule has 1 heterocycles. The smallest absolute Gasteiger partial charge is 0.291 e. The van der Waals surface area contributed by atoms with Gasteiger partial charge in [0.2, 0.25) is 5.82 Å². The lowest BCUT2D eigenvalue weighted by Gasteiger charge is -2.07. The fourth-order valence-electron chi connectivity index (χ4n) is 0.703. The number of carbonyl (C=O) groups is 1. The Bertz CT molecular complexity index is 279. The predicted molar refractivity (Wildman–Crippen MR) is 44.8 cm³/mol. The van der Waals surface area contributed by atoms with E-state index >= 15 is 0 Å². The van der Waals surface area contributed by atoms with Gasteiger partial charge in [0.1, 0.15) is 0 Å². The molecular weight excluding hydrogens is 154 g/mol. The van der Waals surface area contributed by atoms with Crippen molar-refractivity contribution in [2.45, 2.75) is 6.92 Å². The summed E-state index contributed by atoms with van der Waals surface area (Å²) in [6.45, 7) is 1.88. The van der Waals surface area contributed by atoms with Crippen LogP contribution in [0.1, 0.15) is 16.2 Å². The van der Waals surface area contributed by atoms with Crippen molar-refractivity contribution in [3.05, 3.63) is 23.8 Å². The van der Waals surface area contributed by atoms with Crippen LogP contribution < -0.4 is 0 Å². The third-order valence-corrected chi connectivity index (χ3v) is 1.38. The molecule has 0 saturated carbocycles. The lowest BCUT2D eigenvalue weighted by Crippen LogP contribution is -2.23. The van der Waals surface area contributed by atoms with Gasteiger partial charge in [-0.2, -0.15) is 0 Å². The average Bonchev–Trinajstić information content (AvgIpc) is 2.04. The highest BCUT2D eigenvalue weighted by Gasteiger charge is 2.09. The number of carbonyl (C=O) groups excluding carboxylic acids is 1. The number of aryl methyl sites for hydroxylation is 1. The molecule has 0 bridgehead atoms. The van der Waals surface area contributed by atoms with Crippen molar-refractivity contribution in [1.82, 2.24) is 14.9 Å². The van der Waals surface area contributed by atoms with E-state index in [1.807, 2.05) is 6.92 Å². The predicted octanol–water partition coefficient (Wildman–Crippen LogP) is 0.487. The van der Waals surface area contributed by atoms with Crippen molar-refractivity contribution < 1.29 is 4.79 Å². The molecule has 1 amide bonds. The van der Waals surface area contributed by atoms with Crippen LogP contribution in [0.25, 0.3) is 0 Å². The first-order valence-electron chi connectivity index (χ1n) is 3.61. The maximum Gasteiger partial charge on any atom is 0.291 e. The van der Waals surface area contributed by atoms with E-state index in [2.05, 4.69) is 9.97 Å². The summed E-state index contributed by atoms with van der Waals surface area (Å²) in [7, 11) is 3.34. The first-order chi connectivity index (χ1) is 5.61. The standard InChI is InChI=1S/C8H11N3O/c1-6-4-9-7(10-5-6)8(12)11(2)3/h4-5H,1-3H3. The molecule has 0 atom stereocenters. The van der Waals surface area contributed by atoms with E-state index < -0.39 is 0 Å². The molecule has 1 aromatic rings. The van der Waals surface area contributed by atoms with Crippen molar-refractivity contribution >= 4 is 5.91 Å². The Hall–Kier alpha value is -1.45. The van der Waals surface area contributed by atoms with Crippen LogP contribution in [-0.2, 0) is 0 Å². The van der Waals surface area contributed by atoms with Gasteiger partial charge in [0.25, 0.3) is 5.91 Å². The normalized spacial score (nSPS) is 9.58. The fourth-order valence-corrected chi connectivity index (χ4v) is 0.703. The second-order valence-electron chi connectivity index (χ2n) is 2.78. The number of amides is 1. The second kappa shape index (κ2) is 3.30. The Morgan fingerprint density at radius 1 is 1.33 bits per heavy atom. The number of aromatic nitrogens is 2. The highest BCUT2D eigenvalue weighted by molar-refractivity contribution is 5.89. The summed E-state index contributed by atoms with van der Waals surface area (Å²) in [6, 6.07) is 0. The van der Waals surface area contributed by atoms with Gasteiger partial charge in [0.05, 0.1) is 0 Å². The van der Waals surface area contributed by atoms with Crippen LogP contribution in [-0.4, -0.2) is 34.9 Å². The van der Waals surface area contributed by atoms with Crippen LogP contribution in [0.2, 0.25) is 0 Å². The summed E-state index contributed by atoms with van der Waals surface area (Å²) in [5, 5.41) is 0. The molecule has 0 N–H and O–H groups in total. The van der Waals surface area contributed by atoms with E-state index in [4.69, 9.17) is 0 Å². The molecule has 4 nitrogen and oxygen atoms in total. The maximum absolute atomic E-state index is 11.3. The monoisotopic (exact) mass is 165 g/mol. The zero-order chi connectivity index (χ0) is 9.14. The van der Waals surface area contributed by atoms with Crippen LogP contribution in [0.3, 0.4) is 0 Å². The molecule has 64 valence electrons. The van der Waals surface area contributed by atoms with Gasteiger partial charge in [0.15, 0.2) is 0 Å². The maximum atomic E-state index is 11.3. The van der Waals surface area contributed by atoms with Gasteiger partial charge < -0.3 is 4.90 Å². The molecule has 0 fully saturated rings. The molecular formula is C8H11N3O. The molecule has 0 aromatic carbocycles. The summed E-state index contributed by atoms with van der Waals surface area (Å²) >= 11 is 0. The third kappa shape index (κ3) is 1.78. The van der Waals surface area contributed by atoms with E-state index in [0.717, 1.165) is 5.56 Å². The third-order valence-electron chi connectivity index (χ3n) is 1.38. The van der Waals surface area contributed by atoms with Gasteiger partial charge in [-0.15, -0.1) is 0 Å². The number of hydrogen-bond acceptors (Lipinski definition) is 3. The minimum atomic E-state index is -0.171. The Morgan fingerprint density at radius 3 is 2.25 bits per heavy atom. The van der Waals surface area contributed by atoms with Crippen molar-refractivity contribution in [3.8, 4) is 0 Å². The number of hydrogen-bond donors (Lipinski definition) is 0. The summed E-state index contributed by atoms with van der Waals surface area (Å²) in [4.78, 5) is 20.5. The van der Waals surface area contributed by atoms with Crippen molar-refractivity contribution in [2.24, 2.45) is 0 Å². The Labute approximate surface area is 71.3 Å². The van der Waals surface area contributed by atoms with Crippen LogP contribution in [0.4, 0.5) is 0 Å². The van der Waals surface area contributed by atoms with Crippen LogP contribution in [0, 0.1) is 6.92 Å². The van der Waals surface area contributed by atoms with Crippen LogP contribution in [0.15, 0.2) is 12.4 Å². The van der Waals surface area contributed by atoms with Gasteiger partial charge in [-0.1, -0.05) is 0 Å². The molecule has 0 aliphatic rings. The first kappa shape index (κ1) is 8.64. The van der Waals surface area contributed by atoms with Crippen LogP contribution in [0.5, 0.6) is 0 Å². The van der Waals surface area contributed by atoms with Crippen molar-refractivity contribution in [2.75, 3.05) is 14.1 Å². The highest BCUT2D eigenvalue weighted by Crippen LogP contribution is 1.95. The molecule has 0 spiro atoms. The van der Waals surface area contributed by atoms with E-state index in [-0.39, 0.29) is 11.7 Å². The number of rotatable bonds is 1. The molecule has 0 unspecified atom stereocenters. The minimum absolute atomic E-state index is 0.171. The van der Waals surface area contributed by atoms with Gasteiger partial charge in [-0.3, -0.25) is 4.79 Å².